The first kappa shape index (κ1) is 15.4. The van der Waals surface area contributed by atoms with Crippen molar-refractivity contribution < 1.29 is 9.53 Å². The molecule has 0 spiro atoms. The van der Waals surface area contributed by atoms with Crippen molar-refractivity contribution in [3.63, 3.8) is 0 Å². The van der Waals surface area contributed by atoms with Gasteiger partial charge in [-0.2, -0.15) is 0 Å². The van der Waals surface area contributed by atoms with E-state index in [1.54, 1.807) is 0 Å². The average molecular weight is 340 g/mol. The highest BCUT2D eigenvalue weighted by atomic mass is 79.9. The molecule has 1 aromatic rings. The number of ether oxygens (including phenoxy) is 1. The van der Waals surface area contributed by atoms with E-state index in [0.717, 1.165) is 29.5 Å². The molecule has 0 aromatic heterocycles. The predicted molar refractivity (Wildman–Crippen MR) is 84.5 cm³/mol. The summed E-state index contributed by atoms with van der Waals surface area (Å²) in [4.78, 5) is 12.4. The second-order valence-electron chi connectivity index (χ2n) is 6.05. The molecule has 2 rings (SSSR count). The first-order valence-corrected chi connectivity index (χ1v) is 8.21. The first-order valence-electron chi connectivity index (χ1n) is 7.09. The Morgan fingerprint density at radius 2 is 2.20 bits per heavy atom. The van der Waals surface area contributed by atoms with Gasteiger partial charge in [0.15, 0.2) is 0 Å². The molecule has 3 nitrogen and oxygen atoms in total. The van der Waals surface area contributed by atoms with Crippen LogP contribution in [-0.4, -0.2) is 24.4 Å². The fraction of sp³-hybridized carbons (Fsp3) is 0.562. The van der Waals surface area contributed by atoms with Gasteiger partial charge in [-0.15, -0.1) is 0 Å². The Morgan fingerprint density at radius 1 is 1.45 bits per heavy atom. The minimum absolute atomic E-state index is 0.0836. The number of fused-ring (bicyclic) bond motifs is 1. The summed E-state index contributed by atoms with van der Waals surface area (Å²) in [6.45, 7) is 5.66. The van der Waals surface area contributed by atoms with Gasteiger partial charge in [0, 0.05) is 17.4 Å². The fourth-order valence-corrected chi connectivity index (χ4v) is 3.48. The highest BCUT2D eigenvalue weighted by Gasteiger charge is 2.28. The SMILES string of the molecule is CC(C)(CCBr)CNC(=O)C1CCOc2ccccc21. The van der Waals surface area contributed by atoms with Crippen molar-refractivity contribution in [1.29, 1.82) is 0 Å². The lowest BCUT2D eigenvalue weighted by atomic mass is 9.88. The molecule has 0 saturated heterocycles. The second-order valence-corrected chi connectivity index (χ2v) is 6.84. The number of amides is 1. The van der Waals surface area contributed by atoms with E-state index in [1.165, 1.54) is 0 Å². The molecular formula is C16H22BrNO2. The third kappa shape index (κ3) is 3.75. The molecule has 1 heterocycles. The van der Waals surface area contributed by atoms with Crippen molar-refractivity contribution in [2.45, 2.75) is 32.6 Å². The topological polar surface area (TPSA) is 38.3 Å². The summed E-state index contributed by atoms with van der Waals surface area (Å²) in [5, 5.41) is 4.06. The number of rotatable bonds is 5. The van der Waals surface area contributed by atoms with Gasteiger partial charge in [-0.3, -0.25) is 4.79 Å². The van der Waals surface area contributed by atoms with Gasteiger partial charge in [0.25, 0.3) is 0 Å². The number of hydrogen-bond donors (Lipinski definition) is 1. The quantitative estimate of drug-likeness (QED) is 0.834. The van der Waals surface area contributed by atoms with Crippen LogP contribution in [0.15, 0.2) is 24.3 Å². The number of nitrogens with one attached hydrogen (secondary N) is 1. The predicted octanol–water partition coefficient (Wildman–Crippen LogP) is 3.48. The van der Waals surface area contributed by atoms with Crippen LogP contribution in [0.25, 0.3) is 0 Å². The van der Waals surface area contributed by atoms with Crippen LogP contribution >= 0.6 is 15.9 Å². The van der Waals surface area contributed by atoms with Gasteiger partial charge in [0.1, 0.15) is 5.75 Å². The van der Waals surface area contributed by atoms with Crippen molar-refractivity contribution in [2.75, 3.05) is 18.5 Å². The van der Waals surface area contributed by atoms with E-state index in [1.807, 2.05) is 24.3 Å². The molecule has 1 atom stereocenters. The van der Waals surface area contributed by atoms with Crippen molar-refractivity contribution in [3.05, 3.63) is 29.8 Å². The van der Waals surface area contributed by atoms with Crippen LogP contribution in [0.4, 0.5) is 0 Å². The Kier molecular flexibility index (Phi) is 5.08. The van der Waals surface area contributed by atoms with E-state index in [4.69, 9.17) is 4.74 Å². The Hall–Kier alpha value is -1.03. The van der Waals surface area contributed by atoms with Crippen LogP contribution < -0.4 is 10.1 Å². The van der Waals surface area contributed by atoms with Crippen LogP contribution in [0.2, 0.25) is 0 Å². The van der Waals surface area contributed by atoms with Crippen LogP contribution in [-0.2, 0) is 4.79 Å². The molecule has 1 amide bonds. The zero-order valence-corrected chi connectivity index (χ0v) is 13.7. The summed E-state index contributed by atoms with van der Waals surface area (Å²) in [6, 6.07) is 7.83. The molecule has 0 bridgehead atoms. The van der Waals surface area contributed by atoms with Crippen LogP contribution in [0.1, 0.15) is 38.2 Å². The summed E-state index contributed by atoms with van der Waals surface area (Å²) in [6.07, 6.45) is 1.79. The molecule has 1 aromatic carbocycles. The van der Waals surface area contributed by atoms with Gasteiger partial charge >= 0.3 is 0 Å². The van der Waals surface area contributed by atoms with Crippen molar-refractivity contribution >= 4 is 21.8 Å². The highest BCUT2D eigenvalue weighted by molar-refractivity contribution is 9.09. The van der Waals surface area contributed by atoms with E-state index < -0.39 is 0 Å². The van der Waals surface area contributed by atoms with Gasteiger partial charge in [-0.05, 0) is 24.3 Å². The maximum absolute atomic E-state index is 12.4. The van der Waals surface area contributed by atoms with Gasteiger partial charge in [-0.1, -0.05) is 48.0 Å². The van der Waals surface area contributed by atoms with Gasteiger partial charge in [0.05, 0.1) is 12.5 Å². The minimum atomic E-state index is -0.0836. The van der Waals surface area contributed by atoms with Crippen LogP contribution in [0.5, 0.6) is 5.75 Å². The summed E-state index contributed by atoms with van der Waals surface area (Å²) < 4.78 is 5.60. The summed E-state index contributed by atoms with van der Waals surface area (Å²) in [5.74, 6) is 0.877. The zero-order valence-electron chi connectivity index (χ0n) is 12.1. The number of para-hydroxylation sites is 1. The van der Waals surface area contributed by atoms with E-state index in [9.17, 15) is 4.79 Å². The monoisotopic (exact) mass is 339 g/mol. The van der Waals surface area contributed by atoms with E-state index >= 15 is 0 Å². The Labute approximate surface area is 129 Å². The molecule has 1 aliphatic rings. The third-order valence-electron chi connectivity index (χ3n) is 3.79. The Balaban J connectivity index is 2.01. The smallest absolute Gasteiger partial charge is 0.227 e. The second kappa shape index (κ2) is 6.61. The van der Waals surface area contributed by atoms with Gasteiger partial charge in [0.2, 0.25) is 5.91 Å². The number of halogens is 1. The lowest BCUT2D eigenvalue weighted by molar-refractivity contribution is -0.123. The molecule has 0 radical (unpaired) electrons. The van der Waals surface area contributed by atoms with E-state index in [2.05, 4.69) is 35.1 Å². The highest BCUT2D eigenvalue weighted by Crippen LogP contribution is 2.33. The third-order valence-corrected chi connectivity index (χ3v) is 4.18. The van der Waals surface area contributed by atoms with Crippen molar-refractivity contribution in [1.82, 2.24) is 5.32 Å². The summed E-state index contributed by atoms with van der Waals surface area (Å²) in [7, 11) is 0. The minimum Gasteiger partial charge on any atom is -0.493 e. The van der Waals surface area contributed by atoms with Crippen LogP contribution in [0, 0.1) is 5.41 Å². The average Bonchev–Trinajstić information content (AvgIpc) is 2.44. The molecule has 1 unspecified atom stereocenters. The number of alkyl halides is 1. The number of benzene rings is 1. The Morgan fingerprint density at radius 3 is 2.95 bits per heavy atom. The van der Waals surface area contributed by atoms with E-state index in [0.29, 0.717) is 13.2 Å². The molecule has 4 heteroatoms. The maximum Gasteiger partial charge on any atom is 0.227 e. The van der Waals surface area contributed by atoms with Crippen molar-refractivity contribution in [3.8, 4) is 5.75 Å². The normalized spacial score (nSPS) is 18.1. The fourth-order valence-electron chi connectivity index (χ4n) is 2.41. The van der Waals surface area contributed by atoms with Gasteiger partial charge < -0.3 is 10.1 Å². The first-order chi connectivity index (χ1) is 9.53. The molecule has 1 N–H and O–H groups in total. The molecule has 0 saturated carbocycles. The van der Waals surface area contributed by atoms with Gasteiger partial charge in [-0.25, -0.2) is 0 Å². The van der Waals surface area contributed by atoms with E-state index in [-0.39, 0.29) is 17.2 Å². The largest absolute Gasteiger partial charge is 0.493 e. The number of carbonyl (C=O) groups is 1. The standard InChI is InChI=1S/C16H22BrNO2/c1-16(2,8-9-17)11-18-15(19)13-7-10-20-14-6-4-3-5-12(13)14/h3-6,13H,7-11H2,1-2H3,(H,18,19). The zero-order chi connectivity index (χ0) is 14.6. The van der Waals surface area contributed by atoms with Crippen LogP contribution in [0.3, 0.4) is 0 Å². The molecule has 0 aliphatic carbocycles. The molecule has 110 valence electrons. The molecule has 1 aliphatic heterocycles. The molecular weight excluding hydrogens is 318 g/mol. The lowest BCUT2D eigenvalue weighted by Gasteiger charge is -2.28. The molecule has 20 heavy (non-hydrogen) atoms. The number of carbonyl (C=O) groups excluding carboxylic acids is 1. The molecule has 0 fully saturated rings. The van der Waals surface area contributed by atoms with Crippen molar-refractivity contribution in [2.24, 2.45) is 5.41 Å². The summed E-state index contributed by atoms with van der Waals surface area (Å²) in [5.41, 5.74) is 1.12. The maximum atomic E-state index is 12.4. The lowest BCUT2D eigenvalue weighted by Crippen LogP contribution is -2.38. The Bertz CT molecular complexity index is 473. The summed E-state index contributed by atoms with van der Waals surface area (Å²) >= 11 is 3.46. The number of hydrogen-bond acceptors (Lipinski definition) is 2.